The molecule has 0 spiro atoms. The van der Waals surface area contributed by atoms with Crippen molar-refractivity contribution in [3.63, 3.8) is 0 Å². The van der Waals surface area contributed by atoms with Crippen molar-refractivity contribution in [1.82, 2.24) is 4.98 Å². The van der Waals surface area contributed by atoms with Gasteiger partial charge in [0.05, 0.1) is 6.61 Å². The summed E-state index contributed by atoms with van der Waals surface area (Å²) in [6.07, 6.45) is 3.12. The Labute approximate surface area is 147 Å². The molecule has 25 heavy (non-hydrogen) atoms. The number of nitrogens with one attached hydrogen (secondary N) is 2. The van der Waals surface area contributed by atoms with Crippen LogP contribution in [0.15, 0.2) is 54.7 Å². The zero-order valence-electron chi connectivity index (χ0n) is 14.2. The second-order valence-corrected chi connectivity index (χ2v) is 5.77. The number of methoxy groups -OCH3 is 1. The molecule has 3 aromatic rings. The number of ether oxygens (including phenoxy) is 2. The van der Waals surface area contributed by atoms with Crippen molar-refractivity contribution in [2.45, 2.75) is 12.8 Å². The molecule has 0 aliphatic carbocycles. The van der Waals surface area contributed by atoms with E-state index in [0.717, 1.165) is 22.5 Å². The number of anilines is 1. The van der Waals surface area contributed by atoms with E-state index in [-0.39, 0.29) is 5.91 Å². The normalized spacial score (nSPS) is 10.8. The molecule has 0 radical (unpaired) electrons. The molecule has 3 rings (SSSR count). The van der Waals surface area contributed by atoms with Gasteiger partial charge in [-0.2, -0.15) is 0 Å². The first-order valence-corrected chi connectivity index (χ1v) is 8.33. The van der Waals surface area contributed by atoms with Crippen molar-refractivity contribution in [1.29, 1.82) is 0 Å². The largest absolute Gasteiger partial charge is 0.491 e. The third kappa shape index (κ3) is 4.61. The van der Waals surface area contributed by atoms with Gasteiger partial charge in [0.15, 0.2) is 0 Å². The second kappa shape index (κ2) is 8.35. The van der Waals surface area contributed by atoms with Crippen molar-refractivity contribution in [2.75, 3.05) is 25.6 Å². The average Bonchev–Trinajstić information content (AvgIpc) is 3.05. The van der Waals surface area contributed by atoms with Crippen LogP contribution in [0.25, 0.3) is 10.9 Å². The average molecular weight is 338 g/mol. The van der Waals surface area contributed by atoms with Gasteiger partial charge < -0.3 is 19.8 Å². The molecule has 0 fully saturated rings. The number of amides is 1. The predicted octanol–water partition coefficient (Wildman–Crippen LogP) is 3.76. The van der Waals surface area contributed by atoms with Gasteiger partial charge in [-0.3, -0.25) is 4.79 Å². The van der Waals surface area contributed by atoms with Crippen LogP contribution >= 0.6 is 0 Å². The molecule has 1 aromatic heterocycles. The van der Waals surface area contributed by atoms with Crippen molar-refractivity contribution in [3.8, 4) is 5.75 Å². The topological polar surface area (TPSA) is 63.4 Å². The number of rotatable bonds is 8. The van der Waals surface area contributed by atoms with E-state index in [0.29, 0.717) is 26.1 Å². The molecule has 5 nitrogen and oxygen atoms in total. The van der Waals surface area contributed by atoms with Crippen molar-refractivity contribution < 1.29 is 14.3 Å². The molecule has 0 aliphatic heterocycles. The van der Waals surface area contributed by atoms with Gasteiger partial charge in [-0.05, 0) is 42.3 Å². The number of hydrogen-bond acceptors (Lipinski definition) is 3. The summed E-state index contributed by atoms with van der Waals surface area (Å²) in [5.41, 5.74) is 3.03. The number of benzene rings is 2. The minimum Gasteiger partial charge on any atom is -0.491 e. The van der Waals surface area contributed by atoms with Crippen LogP contribution in [-0.2, 0) is 16.0 Å². The predicted molar refractivity (Wildman–Crippen MR) is 99.1 cm³/mol. The number of para-hydroxylation sites is 1. The molecular formula is C20H22N2O3. The number of hydrogen-bond donors (Lipinski definition) is 2. The van der Waals surface area contributed by atoms with Crippen LogP contribution in [-0.4, -0.2) is 31.2 Å². The Morgan fingerprint density at radius 2 is 1.88 bits per heavy atom. The highest BCUT2D eigenvalue weighted by Crippen LogP contribution is 2.20. The standard InChI is InChI=1S/C20H22N2O3/c1-24-12-13-25-17-9-7-16(8-10-17)22-20(23)11-6-15-14-21-19-5-3-2-4-18(15)19/h2-5,7-10,14,21H,6,11-13H2,1H3,(H,22,23). The smallest absolute Gasteiger partial charge is 0.224 e. The maximum atomic E-state index is 12.2. The van der Waals surface area contributed by atoms with Gasteiger partial charge in [0.1, 0.15) is 12.4 Å². The summed E-state index contributed by atoms with van der Waals surface area (Å²) in [7, 11) is 1.64. The molecule has 0 atom stereocenters. The van der Waals surface area contributed by atoms with Crippen LogP contribution in [0.2, 0.25) is 0 Å². The second-order valence-electron chi connectivity index (χ2n) is 5.77. The van der Waals surface area contributed by atoms with Crippen LogP contribution in [0, 0.1) is 0 Å². The molecule has 2 N–H and O–H groups in total. The summed E-state index contributed by atoms with van der Waals surface area (Å²) in [6.45, 7) is 1.05. The maximum Gasteiger partial charge on any atom is 0.224 e. The molecule has 2 aromatic carbocycles. The molecule has 1 amide bonds. The molecular weight excluding hydrogens is 316 g/mol. The van der Waals surface area contributed by atoms with E-state index < -0.39 is 0 Å². The van der Waals surface area contributed by atoms with E-state index in [1.807, 2.05) is 48.7 Å². The molecule has 0 bridgehead atoms. The van der Waals surface area contributed by atoms with Gasteiger partial charge >= 0.3 is 0 Å². The molecule has 0 saturated carbocycles. The summed E-state index contributed by atoms with van der Waals surface area (Å²) >= 11 is 0. The molecule has 0 aliphatic rings. The zero-order chi connectivity index (χ0) is 17.5. The van der Waals surface area contributed by atoms with Crippen LogP contribution in [0.1, 0.15) is 12.0 Å². The fourth-order valence-electron chi connectivity index (χ4n) is 2.69. The van der Waals surface area contributed by atoms with E-state index in [9.17, 15) is 4.79 Å². The first-order valence-electron chi connectivity index (χ1n) is 8.33. The lowest BCUT2D eigenvalue weighted by Gasteiger charge is -2.08. The van der Waals surface area contributed by atoms with Crippen molar-refractivity contribution in [3.05, 3.63) is 60.3 Å². The SMILES string of the molecule is COCCOc1ccc(NC(=O)CCc2c[nH]c3ccccc23)cc1. The maximum absolute atomic E-state index is 12.2. The minimum absolute atomic E-state index is 0.00154. The number of carbonyl (C=O) groups excluding carboxylic acids is 1. The van der Waals surface area contributed by atoms with E-state index in [2.05, 4.69) is 16.4 Å². The van der Waals surface area contributed by atoms with E-state index in [1.165, 1.54) is 5.39 Å². The van der Waals surface area contributed by atoms with Gasteiger partial charge in [0.25, 0.3) is 0 Å². The third-order valence-corrected chi connectivity index (χ3v) is 3.99. The molecule has 130 valence electrons. The first-order chi connectivity index (χ1) is 12.3. The molecule has 0 unspecified atom stereocenters. The summed E-state index contributed by atoms with van der Waals surface area (Å²) in [6, 6.07) is 15.5. The van der Waals surface area contributed by atoms with Crippen LogP contribution in [0.4, 0.5) is 5.69 Å². The highest BCUT2D eigenvalue weighted by Gasteiger charge is 2.07. The van der Waals surface area contributed by atoms with Crippen LogP contribution in [0.3, 0.4) is 0 Å². The fourth-order valence-corrected chi connectivity index (χ4v) is 2.69. The van der Waals surface area contributed by atoms with E-state index >= 15 is 0 Å². The number of aryl methyl sites for hydroxylation is 1. The van der Waals surface area contributed by atoms with E-state index in [4.69, 9.17) is 9.47 Å². The van der Waals surface area contributed by atoms with Crippen LogP contribution in [0.5, 0.6) is 5.75 Å². The van der Waals surface area contributed by atoms with Gasteiger partial charge in [-0.1, -0.05) is 18.2 Å². The quantitative estimate of drug-likeness (QED) is 0.615. The molecule has 0 saturated heterocycles. The van der Waals surface area contributed by atoms with Crippen molar-refractivity contribution >= 4 is 22.5 Å². The monoisotopic (exact) mass is 338 g/mol. The fraction of sp³-hybridized carbons (Fsp3) is 0.250. The van der Waals surface area contributed by atoms with E-state index in [1.54, 1.807) is 7.11 Å². The Bertz CT molecular complexity index is 824. The van der Waals surface area contributed by atoms with Gasteiger partial charge in [-0.25, -0.2) is 0 Å². The van der Waals surface area contributed by atoms with Crippen molar-refractivity contribution in [2.24, 2.45) is 0 Å². The first kappa shape index (κ1) is 17.0. The Balaban J connectivity index is 1.50. The summed E-state index contributed by atoms with van der Waals surface area (Å²) < 4.78 is 10.4. The number of aromatic nitrogens is 1. The summed E-state index contributed by atoms with van der Waals surface area (Å²) in [4.78, 5) is 15.4. The Hall–Kier alpha value is -2.79. The lowest BCUT2D eigenvalue weighted by Crippen LogP contribution is -2.12. The van der Waals surface area contributed by atoms with Gasteiger partial charge in [0, 0.05) is 36.3 Å². The highest BCUT2D eigenvalue weighted by molar-refractivity contribution is 5.91. The zero-order valence-corrected chi connectivity index (χ0v) is 14.2. The number of aromatic amines is 1. The van der Waals surface area contributed by atoms with Gasteiger partial charge in [0.2, 0.25) is 5.91 Å². The third-order valence-electron chi connectivity index (χ3n) is 3.99. The number of fused-ring (bicyclic) bond motifs is 1. The minimum atomic E-state index is -0.00154. The Morgan fingerprint density at radius 1 is 1.08 bits per heavy atom. The Kier molecular flexibility index (Phi) is 5.69. The summed E-state index contributed by atoms with van der Waals surface area (Å²) in [5, 5.41) is 4.09. The Morgan fingerprint density at radius 3 is 2.68 bits per heavy atom. The highest BCUT2D eigenvalue weighted by atomic mass is 16.5. The molecule has 1 heterocycles. The molecule has 5 heteroatoms. The number of carbonyl (C=O) groups is 1. The lowest BCUT2D eigenvalue weighted by molar-refractivity contribution is -0.116. The number of H-pyrrole nitrogens is 1. The summed E-state index contributed by atoms with van der Waals surface area (Å²) in [5.74, 6) is 0.757. The van der Waals surface area contributed by atoms with Gasteiger partial charge in [-0.15, -0.1) is 0 Å². The van der Waals surface area contributed by atoms with Crippen LogP contribution < -0.4 is 10.1 Å². The lowest BCUT2D eigenvalue weighted by atomic mass is 10.1.